The summed E-state index contributed by atoms with van der Waals surface area (Å²) >= 11 is 0. The average Bonchev–Trinajstić information content (AvgIpc) is 2.46. The number of carbonyl (C=O) groups is 1. The topological polar surface area (TPSA) is 58.6 Å². The van der Waals surface area contributed by atoms with E-state index in [-0.39, 0.29) is 11.7 Å². The van der Waals surface area contributed by atoms with Crippen molar-refractivity contribution in [1.29, 1.82) is 0 Å². The van der Waals surface area contributed by atoms with E-state index >= 15 is 0 Å². The molecular formula is C16H25NO3. The third-order valence-electron chi connectivity index (χ3n) is 3.24. The lowest BCUT2D eigenvalue weighted by molar-refractivity contribution is -0.121. The molecule has 0 saturated heterocycles. The number of phenols is 1. The Hall–Kier alpha value is -1.71. The quantitative estimate of drug-likeness (QED) is 0.681. The predicted molar refractivity (Wildman–Crippen MR) is 79.9 cm³/mol. The van der Waals surface area contributed by atoms with Gasteiger partial charge in [0.25, 0.3) is 0 Å². The summed E-state index contributed by atoms with van der Waals surface area (Å²) in [6.45, 7) is 2.64. The minimum atomic E-state index is 0.0774. The summed E-state index contributed by atoms with van der Waals surface area (Å²) in [5, 5.41) is 12.4. The molecule has 0 heterocycles. The SMILES string of the molecule is CCCCCCCC(=O)NCc1ccc(O)c(OC)c1. The molecule has 1 rings (SSSR count). The van der Waals surface area contributed by atoms with E-state index in [4.69, 9.17) is 4.74 Å². The molecule has 0 bridgehead atoms. The van der Waals surface area contributed by atoms with E-state index in [1.807, 2.05) is 0 Å². The van der Waals surface area contributed by atoms with Crippen LogP contribution < -0.4 is 10.1 Å². The summed E-state index contributed by atoms with van der Waals surface area (Å²) in [7, 11) is 1.51. The zero-order chi connectivity index (χ0) is 14.8. The number of amides is 1. The van der Waals surface area contributed by atoms with E-state index in [9.17, 15) is 9.90 Å². The lowest BCUT2D eigenvalue weighted by Crippen LogP contribution is -2.22. The molecule has 1 amide bonds. The zero-order valence-electron chi connectivity index (χ0n) is 12.4. The third kappa shape index (κ3) is 5.95. The maximum absolute atomic E-state index is 11.7. The minimum absolute atomic E-state index is 0.0774. The monoisotopic (exact) mass is 279 g/mol. The van der Waals surface area contributed by atoms with E-state index < -0.39 is 0 Å². The number of methoxy groups -OCH3 is 1. The van der Waals surface area contributed by atoms with E-state index in [0.717, 1.165) is 18.4 Å². The predicted octanol–water partition coefficient (Wildman–Crippen LogP) is 3.38. The van der Waals surface area contributed by atoms with Crippen LogP contribution in [0.4, 0.5) is 0 Å². The number of rotatable bonds is 9. The highest BCUT2D eigenvalue weighted by atomic mass is 16.5. The van der Waals surface area contributed by atoms with Gasteiger partial charge in [-0.2, -0.15) is 0 Å². The molecule has 0 aliphatic carbocycles. The number of nitrogens with one attached hydrogen (secondary N) is 1. The second kappa shape index (κ2) is 9.23. The van der Waals surface area contributed by atoms with Crippen molar-refractivity contribution < 1.29 is 14.6 Å². The van der Waals surface area contributed by atoms with Gasteiger partial charge >= 0.3 is 0 Å². The first-order chi connectivity index (χ1) is 9.67. The van der Waals surface area contributed by atoms with Crippen molar-refractivity contribution in [2.45, 2.75) is 52.0 Å². The Kier molecular flexibility index (Phi) is 7.55. The summed E-state index contributed by atoms with van der Waals surface area (Å²) in [5.74, 6) is 0.614. The average molecular weight is 279 g/mol. The van der Waals surface area contributed by atoms with Crippen LogP contribution in [0.25, 0.3) is 0 Å². The molecule has 4 nitrogen and oxygen atoms in total. The molecule has 1 aromatic carbocycles. The van der Waals surface area contributed by atoms with E-state index in [1.54, 1.807) is 18.2 Å². The second-order valence-electron chi connectivity index (χ2n) is 4.95. The van der Waals surface area contributed by atoms with Crippen molar-refractivity contribution in [2.75, 3.05) is 7.11 Å². The molecule has 0 radical (unpaired) electrons. The molecule has 0 spiro atoms. The van der Waals surface area contributed by atoms with E-state index in [1.165, 1.54) is 26.4 Å². The van der Waals surface area contributed by atoms with Crippen LogP contribution in [-0.4, -0.2) is 18.1 Å². The van der Waals surface area contributed by atoms with Gasteiger partial charge in [0.2, 0.25) is 5.91 Å². The van der Waals surface area contributed by atoms with Gasteiger partial charge < -0.3 is 15.2 Å². The maximum Gasteiger partial charge on any atom is 0.220 e. The standard InChI is InChI=1S/C16H25NO3/c1-3-4-5-6-7-8-16(19)17-12-13-9-10-14(18)15(11-13)20-2/h9-11,18H,3-8,12H2,1-2H3,(H,17,19). The molecule has 20 heavy (non-hydrogen) atoms. The number of hydrogen-bond acceptors (Lipinski definition) is 3. The fourth-order valence-corrected chi connectivity index (χ4v) is 2.01. The van der Waals surface area contributed by atoms with Crippen molar-refractivity contribution in [3.8, 4) is 11.5 Å². The Bertz CT molecular complexity index is 418. The van der Waals surface area contributed by atoms with Crippen LogP contribution in [0.2, 0.25) is 0 Å². The first-order valence-electron chi connectivity index (χ1n) is 7.30. The van der Waals surface area contributed by atoms with Gasteiger partial charge in [0.05, 0.1) is 7.11 Å². The fourth-order valence-electron chi connectivity index (χ4n) is 2.01. The van der Waals surface area contributed by atoms with Crippen LogP contribution in [0.15, 0.2) is 18.2 Å². The third-order valence-corrected chi connectivity index (χ3v) is 3.24. The van der Waals surface area contributed by atoms with Crippen molar-refractivity contribution in [3.05, 3.63) is 23.8 Å². The summed E-state index contributed by atoms with van der Waals surface area (Å²) in [6.07, 6.45) is 6.32. The van der Waals surface area contributed by atoms with Gasteiger partial charge in [0, 0.05) is 13.0 Å². The van der Waals surface area contributed by atoms with Gasteiger partial charge in [-0.1, -0.05) is 38.7 Å². The molecule has 0 unspecified atom stereocenters. The second-order valence-corrected chi connectivity index (χ2v) is 4.95. The first-order valence-corrected chi connectivity index (χ1v) is 7.30. The Morgan fingerprint density at radius 1 is 1.25 bits per heavy atom. The Morgan fingerprint density at radius 3 is 2.70 bits per heavy atom. The van der Waals surface area contributed by atoms with Gasteiger partial charge in [-0.3, -0.25) is 4.79 Å². The van der Waals surface area contributed by atoms with Crippen molar-refractivity contribution in [1.82, 2.24) is 5.32 Å². The molecule has 0 saturated carbocycles. The number of hydrogen-bond donors (Lipinski definition) is 2. The number of phenolic OH excluding ortho intramolecular Hbond substituents is 1. The van der Waals surface area contributed by atoms with Crippen LogP contribution in [0.5, 0.6) is 11.5 Å². The number of unbranched alkanes of at least 4 members (excludes halogenated alkanes) is 4. The molecule has 112 valence electrons. The number of carbonyl (C=O) groups excluding carboxylic acids is 1. The normalized spacial score (nSPS) is 10.3. The molecule has 0 atom stereocenters. The molecule has 0 fully saturated rings. The molecule has 0 aliphatic rings. The lowest BCUT2D eigenvalue weighted by atomic mass is 10.1. The van der Waals surface area contributed by atoms with Gasteiger partial charge in [-0.25, -0.2) is 0 Å². The van der Waals surface area contributed by atoms with E-state index in [2.05, 4.69) is 12.2 Å². The first kappa shape index (κ1) is 16.3. The van der Waals surface area contributed by atoms with Gasteiger partial charge in [0.1, 0.15) is 0 Å². The Balaban J connectivity index is 2.27. The lowest BCUT2D eigenvalue weighted by Gasteiger charge is -2.08. The zero-order valence-corrected chi connectivity index (χ0v) is 12.4. The van der Waals surface area contributed by atoms with Crippen LogP contribution >= 0.6 is 0 Å². The van der Waals surface area contributed by atoms with Crippen molar-refractivity contribution >= 4 is 5.91 Å². The number of ether oxygens (including phenoxy) is 1. The molecule has 0 aliphatic heterocycles. The minimum Gasteiger partial charge on any atom is -0.504 e. The number of aromatic hydroxyl groups is 1. The fraction of sp³-hybridized carbons (Fsp3) is 0.562. The smallest absolute Gasteiger partial charge is 0.220 e. The van der Waals surface area contributed by atoms with Gasteiger partial charge in [-0.15, -0.1) is 0 Å². The van der Waals surface area contributed by atoms with Crippen LogP contribution in [0.3, 0.4) is 0 Å². The Labute approximate surface area is 121 Å². The summed E-state index contributed by atoms with van der Waals surface area (Å²) in [6, 6.07) is 5.08. The maximum atomic E-state index is 11.7. The van der Waals surface area contributed by atoms with Crippen LogP contribution in [0, 0.1) is 0 Å². The highest BCUT2D eigenvalue weighted by Gasteiger charge is 2.05. The summed E-state index contributed by atoms with van der Waals surface area (Å²) in [4.78, 5) is 11.7. The molecule has 0 aromatic heterocycles. The largest absolute Gasteiger partial charge is 0.504 e. The van der Waals surface area contributed by atoms with Gasteiger partial charge in [-0.05, 0) is 24.1 Å². The molecule has 4 heteroatoms. The highest BCUT2D eigenvalue weighted by Crippen LogP contribution is 2.26. The summed E-state index contributed by atoms with van der Waals surface area (Å²) < 4.78 is 5.03. The van der Waals surface area contributed by atoms with Crippen LogP contribution in [-0.2, 0) is 11.3 Å². The highest BCUT2D eigenvalue weighted by molar-refractivity contribution is 5.75. The van der Waals surface area contributed by atoms with Crippen molar-refractivity contribution in [3.63, 3.8) is 0 Å². The van der Waals surface area contributed by atoms with E-state index in [0.29, 0.717) is 18.7 Å². The Morgan fingerprint density at radius 2 is 2.00 bits per heavy atom. The van der Waals surface area contributed by atoms with Crippen LogP contribution in [0.1, 0.15) is 51.0 Å². The molecule has 2 N–H and O–H groups in total. The molecular weight excluding hydrogens is 254 g/mol. The summed E-state index contributed by atoms with van der Waals surface area (Å²) in [5.41, 5.74) is 0.916. The van der Waals surface area contributed by atoms with Crippen molar-refractivity contribution in [2.24, 2.45) is 0 Å². The van der Waals surface area contributed by atoms with Gasteiger partial charge in [0.15, 0.2) is 11.5 Å². The number of benzene rings is 1. The molecule has 1 aromatic rings.